The fourth-order valence-electron chi connectivity index (χ4n) is 4.04. The number of nitrogens with one attached hydrogen (secondary N) is 1. The Morgan fingerprint density at radius 2 is 2.03 bits per heavy atom. The lowest BCUT2D eigenvalue weighted by molar-refractivity contribution is 0.0684. The van der Waals surface area contributed by atoms with Gasteiger partial charge in [-0.25, -0.2) is 9.67 Å². The number of ether oxygens (including phenoxy) is 1. The number of nitrogens with zero attached hydrogens (tertiary/aromatic N) is 4. The van der Waals surface area contributed by atoms with Crippen LogP contribution >= 0.6 is 23.2 Å². The fourth-order valence-corrected chi connectivity index (χ4v) is 4.60. The van der Waals surface area contributed by atoms with Crippen molar-refractivity contribution in [3.63, 3.8) is 0 Å². The second kappa shape index (κ2) is 7.48. The molecule has 1 aromatic carbocycles. The number of aromatic nitrogens is 4. The second-order valence-electron chi connectivity index (χ2n) is 7.26. The Morgan fingerprint density at radius 3 is 2.86 bits per heavy atom. The second-order valence-corrected chi connectivity index (χ2v) is 8.07. The third-order valence-electron chi connectivity index (χ3n) is 5.48. The topological polar surface area (TPSA) is 74.0 Å². The largest absolute Gasteiger partial charge is 0.373 e. The molecule has 2 aromatic heterocycles. The molecule has 5 rings (SSSR count). The number of hydrogen-bond donors (Lipinski definition) is 1. The number of carbonyl (C=O) groups is 1. The Bertz CT molecular complexity index is 1070. The van der Waals surface area contributed by atoms with Gasteiger partial charge in [0.15, 0.2) is 0 Å². The van der Waals surface area contributed by atoms with Crippen LogP contribution in [0.1, 0.15) is 46.3 Å². The molecule has 29 heavy (non-hydrogen) atoms. The smallest absolute Gasteiger partial charge is 0.272 e. The lowest BCUT2D eigenvalue weighted by Gasteiger charge is -2.25. The molecule has 0 aliphatic carbocycles. The summed E-state index contributed by atoms with van der Waals surface area (Å²) in [5.74, 6) is -0.189. The van der Waals surface area contributed by atoms with Crippen LogP contribution in [-0.4, -0.2) is 31.8 Å². The molecule has 1 N–H and O–H groups in total. The minimum Gasteiger partial charge on any atom is -0.373 e. The van der Waals surface area contributed by atoms with E-state index in [1.807, 2.05) is 0 Å². The molecular formula is C20H19Cl2N5O2. The highest BCUT2D eigenvalue weighted by Crippen LogP contribution is 2.33. The van der Waals surface area contributed by atoms with Crippen LogP contribution in [0.15, 0.2) is 30.7 Å². The standard InChI is InChI=1S/C20H19Cl2N5O2/c21-13-4-3-5-14(22)19(13)27-17-10-29-9-15(12(17)8-24-27)25-20(28)18-16-6-1-2-7-26(16)11-23-18/h3-5,8,11,15H,1-2,6-7,9-10H2,(H,25,28)/t15-/m0/s1. The van der Waals surface area contributed by atoms with Gasteiger partial charge in [-0.3, -0.25) is 4.79 Å². The van der Waals surface area contributed by atoms with Gasteiger partial charge in [-0.05, 0) is 31.4 Å². The maximum Gasteiger partial charge on any atom is 0.272 e. The van der Waals surface area contributed by atoms with Gasteiger partial charge in [0, 0.05) is 12.1 Å². The van der Waals surface area contributed by atoms with E-state index >= 15 is 0 Å². The third-order valence-corrected chi connectivity index (χ3v) is 6.09. The average Bonchev–Trinajstić information content (AvgIpc) is 3.33. The van der Waals surface area contributed by atoms with E-state index in [0.717, 1.165) is 42.8 Å². The van der Waals surface area contributed by atoms with Gasteiger partial charge in [-0.1, -0.05) is 29.3 Å². The lowest BCUT2D eigenvalue weighted by Crippen LogP contribution is -2.35. The summed E-state index contributed by atoms with van der Waals surface area (Å²) >= 11 is 12.7. The molecule has 0 saturated heterocycles. The van der Waals surface area contributed by atoms with E-state index in [-0.39, 0.29) is 11.9 Å². The van der Waals surface area contributed by atoms with Gasteiger partial charge >= 0.3 is 0 Å². The summed E-state index contributed by atoms with van der Waals surface area (Å²) in [7, 11) is 0. The number of amides is 1. The molecule has 0 radical (unpaired) electrons. The van der Waals surface area contributed by atoms with Crippen LogP contribution in [0.2, 0.25) is 10.0 Å². The summed E-state index contributed by atoms with van der Waals surface area (Å²) in [6.45, 7) is 1.65. The summed E-state index contributed by atoms with van der Waals surface area (Å²) in [6, 6.07) is 5.00. The molecule has 0 bridgehead atoms. The predicted octanol–water partition coefficient (Wildman–Crippen LogP) is 3.71. The highest BCUT2D eigenvalue weighted by atomic mass is 35.5. The molecule has 150 valence electrons. The normalized spacial score (nSPS) is 18.2. The minimum atomic E-state index is -0.317. The number of carbonyl (C=O) groups excluding carboxylic acids is 1. The van der Waals surface area contributed by atoms with E-state index in [2.05, 4.69) is 20.0 Å². The number of halogens is 2. The van der Waals surface area contributed by atoms with Crippen molar-refractivity contribution in [3.05, 3.63) is 63.4 Å². The molecule has 4 heterocycles. The van der Waals surface area contributed by atoms with E-state index in [4.69, 9.17) is 27.9 Å². The van der Waals surface area contributed by atoms with Gasteiger partial charge in [-0.15, -0.1) is 0 Å². The molecule has 9 heteroatoms. The molecule has 2 aliphatic heterocycles. The average molecular weight is 432 g/mol. The van der Waals surface area contributed by atoms with Crippen LogP contribution in [0.25, 0.3) is 5.69 Å². The zero-order valence-electron chi connectivity index (χ0n) is 15.6. The number of fused-ring (bicyclic) bond motifs is 2. The number of rotatable bonds is 3. The number of imidazole rings is 1. The Morgan fingerprint density at radius 1 is 1.21 bits per heavy atom. The molecular weight excluding hydrogens is 413 g/mol. The quantitative estimate of drug-likeness (QED) is 0.685. The molecule has 7 nitrogen and oxygen atoms in total. The van der Waals surface area contributed by atoms with Crippen molar-refractivity contribution < 1.29 is 9.53 Å². The first-order chi connectivity index (χ1) is 14.1. The van der Waals surface area contributed by atoms with E-state index in [1.54, 1.807) is 35.4 Å². The van der Waals surface area contributed by atoms with E-state index in [1.165, 1.54) is 0 Å². The fraction of sp³-hybridized carbons (Fsp3) is 0.350. The van der Waals surface area contributed by atoms with Crippen LogP contribution in [-0.2, 0) is 24.3 Å². The van der Waals surface area contributed by atoms with E-state index in [0.29, 0.717) is 34.6 Å². The molecule has 0 unspecified atom stereocenters. The first-order valence-electron chi connectivity index (χ1n) is 9.57. The summed E-state index contributed by atoms with van der Waals surface area (Å²) < 4.78 is 9.51. The zero-order chi connectivity index (χ0) is 20.0. The van der Waals surface area contributed by atoms with Gasteiger partial charge < -0.3 is 14.6 Å². The molecule has 1 amide bonds. The van der Waals surface area contributed by atoms with Crippen molar-refractivity contribution in [2.24, 2.45) is 0 Å². The van der Waals surface area contributed by atoms with E-state index in [9.17, 15) is 4.79 Å². The molecule has 1 atom stereocenters. The van der Waals surface area contributed by atoms with Crippen molar-refractivity contribution >= 4 is 29.1 Å². The lowest BCUT2D eigenvalue weighted by atomic mass is 10.0. The molecule has 3 aromatic rings. The SMILES string of the molecule is O=C(N[C@H]1COCc2c1cnn2-c1c(Cl)cccc1Cl)c1ncn2c1CCCC2. The first kappa shape index (κ1) is 18.7. The molecule has 0 saturated carbocycles. The van der Waals surface area contributed by atoms with Crippen LogP contribution in [0.5, 0.6) is 0 Å². The van der Waals surface area contributed by atoms with Gasteiger partial charge in [-0.2, -0.15) is 5.10 Å². The van der Waals surface area contributed by atoms with Gasteiger partial charge in [0.2, 0.25) is 0 Å². The maximum absolute atomic E-state index is 12.9. The Balaban J connectivity index is 1.44. The van der Waals surface area contributed by atoms with Crippen LogP contribution in [0, 0.1) is 0 Å². The van der Waals surface area contributed by atoms with Crippen molar-refractivity contribution in [1.29, 1.82) is 0 Å². The highest BCUT2D eigenvalue weighted by Gasteiger charge is 2.30. The Kier molecular flexibility index (Phi) is 4.81. The zero-order valence-corrected chi connectivity index (χ0v) is 17.1. The Labute approximate surface area is 177 Å². The van der Waals surface area contributed by atoms with Crippen molar-refractivity contribution in [1.82, 2.24) is 24.6 Å². The Hall–Kier alpha value is -2.35. The van der Waals surface area contributed by atoms with Crippen LogP contribution in [0.3, 0.4) is 0 Å². The maximum atomic E-state index is 12.9. The number of para-hydroxylation sites is 1. The number of aryl methyl sites for hydroxylation is 1. The van der Waals surface area contributed by atoms with Crippen LogP contribution < -0.4 is 5.32 Å². The summed E-state index contributed by atoms with van der Waals surface area (Å²) in [5.41, 5.74) is 3.83. The molecule has 2 aliphatic rings. The monoisotopic (exact) mass is 431 g/mol. The van der Waals surface area contributed by atoms with Crippen LogP contribution in [0.4, 0.5) is 0 Å². The molecule has 0 spiro atoms. The number of hydrogen-bond acceptors (Lipinski definition) is 4. The van der Waals surface area contributed by atoms with Crippen molar-refractivity contribution in [3.8, 4) is 5.69 Å². The highest BCUT2D eigenvalue weighted by molar-refractivity contribution is 6.37. The minimum absolute atomic E-state index is 0.189. The first-order valence-corrected chi connectivity index (χ1v) is 10.3. The van der Waals surface area contributed by atoms with Gasteiger partial charge in [0.25, 0.3) is 5.91 Å². The third kappa shape index (κ3) is 3.23. The van der Waals surface area contributed by atoms with Gasteiger partial charge in [0.1, 0.15) is 11.4 Å². The van der Waals surface area contributed by atoms with Crippen molar-refractivity contribution in [2.45, 2.75) is 38.5 Å². The summed E-state index contributed by atoms with van der Waals surface area (Å²) in [5, 5.41) is 8.54. The van der Waals surface area contributed by atoms with Gasteiger partial charge in [0.05, 0.1) is 53.2 Å². The van der Waals surface area contributed by atoms with E-state index < -0.39 is 0 Å². The van der Waals surface area contributed by atoms with Crippen molar-refractivity contribution in [2.75, 3.05) is 6.61 Å². The summed E-state index contributed by atoms with van der Waals surface area (Å²) in [4.78, 5) is 17.3. The molecule has 0 fully saturated rings. The summed E-state index contributed by atoms with van der Waals surface area (Å²) in [6.07, 6.45) is 6.56. The number of benzene rings is 1. The predicted molar refractivity (Wildman–Crippen MR) is 109 cm³/mol.